The highest BCUT2D eigenvalue weighted by Crippen LogP contribution is 2.27. The van der Waals surface area contributed by atoms with Gasteiger partial charge in [0.05, 0.1) is 20.3 Å². The minimum Gasteiger partial charge on any atom is -0.493 e. The zero-order valence-corrected chi connectivity index (χ0v) is 14.6. The lowest BCUT2D eigenvalue weighted by Gasteiger charge is -2.26. The highest BCUT2D eigenvalue weighted by atomic mass is 16.5. The van der Waals surface area contributed by atoms with E-state index in [1.807, 2.05) is 31.2 Å². The van der Waals surface area contributed by atoms with Crippen molar-refractivity contribution in [2.45, 2.75) is 25.9 Å². The fourth-order valence-electron chi connectivity index (χ4n) is 2.64. The Balaban J connectivity index is 1.74. The van der Waals surface area contributed by atoms with Gasteiger partial charge in [-0.05, 0) is 31.5 Å². The number of nitrogens with one attached hydrogen (secondary N) is 1. The molecule has 0 aliphatic carbocycles. The van der Waals surface area contributed by atoms with Crippen molar-refractivity contribution in [2.75, 3.05) is 46.5 Å². The van der Waals surface area contributed by atoms with Gasteiger partial charge in [0.1, 0.15) is 0 Å². The molecule has 6 nitrogen and oxygen atoms in total. The van der Waals surface area contributed by atoms with Crippen LogP contribution in [0.5, 0.6) is 11.5 Å². The fraction of sp³-hybridized carbons (Fsp3) is 0.611. The molecule has 1 aliphatic rings. The van der Waals surface area contributed by atoms with Gasteiger partial charge in [-0.2, -0.15) is 0 Å². The summed E-state index contributed by atoms with van der Waals surface area (Å²) in [5.41, 5.74) is 0. The Labute approximate surface area is 144 Å². The molecule has 134 valence electrons. The second-order valence-electron chi connectivity index (χ2n) is 5.76. The molecule has 6 heteroatoms. The van der Waals surface area contributed by atoms with Crippen LogP contribution in [0.2, 0.25) is 0 Å². The number of hydrogen-bond acceptors (Lipinski definition) is 5. The standard InChI is InChI=1S/C18H28N2O4/c1-3-15(24-17-8-5-4-7-16(17)22-2)18(21)19-9-6-10-20-11-13-23-14-12-20/h4-5,7-8,15H,3,6,9-14H2,1-2H3,(H,19,21)/t15-/m1/s1. The topological polar surface area (TPSA) is 60.0 Å². The van der Waals surface area contributed by atoms with Gasteiger partial charge in [-0.1, -0.05) is 19.1 Å². The Kier molecular flexibility index (Phi) is 7.85. The predicted molar refractivity (Wildman–Crippen MR) is 92.6 cm³/mol. The van der Waals surface area contributed by atoms with Crippen LogP contribution in [-0.4, -0.2) is 63.4 Å². The molecule has 1 fully saturated rings. The zero-order chi connectivity index (χ0) is 17.2. The molecule has 1 aromatic rings. The van der Waals surface area contributed by atoms with Crippen molar-refractivity contribution < 1.29 is 19.0 Å². The van der Waals surface area contributed by atoms with Gasteiger partial charge in [0.25, 0.3) is 5.91 Å². The van der Waals surface area contributed by atoms with Crippen molar-refractivity contribution in [2.24, 2.45) is 0 Å². The smallest absolute Gasteiger partial charge is 0.261 e. The number of rotatable bonds is 9. The Morgan fingerprint density at radius 1 is 1.29 bits per heavy atom. The van der Waals surface area contributed by atoms with Crippen LogP contribution in [-0.2, 0) is 9.53 Å². The lowest BCUT2D eigenvalue weighted by molar-refractivity contribution is -0.128. The van der Waals surface area contributed by atoms with E-state index in [0.717, 1.165) is 39.3 Å². The van der Waals surface area contributed by atoms with Crippen LogP contribution < -0.4 is 14.8 Å². The van der Waals surface area contributed by atoms with Crippen molar-refractivity contribution in [3.63, 3.8) is 0 Å². The normalized spacial score (nSPS) is 16.4. The van der Waals surface area contributed by atoms with Crippen molar-refractivity contribution in [1.82, 2.24) is 10.2 Å². The van der Waals surface area contributed by atoms with E-state index in [1.54, 1.807) is 7.11 Å². The van der Waals surface area contributed by atoms with Crippen molar-refractivity contribution >= 4 is 5.91 Å². The van der Waals surface area contributed by atoms with Crippen LogP contribution >= 0.6 is 0 Å². The Hall–Kier alpha value is -1.79. The van der Waals surface area contributed by atoms with Gasteiger partial charge in [0.2, 0.25) is 0 Å². The summed E-state index contributed by atoms with van der Waals surface area (Å²) in [5.74, 6) is 1.15. The monoisotopic (exact) mass is 336 g/mol. The largest absolute Gasteiger partial charge is 0.493 e. The molecule has 1 amide bonds. The van der Waals surface area contributed by atoms with Crippen LogP contribution in [0.15, 0.2) is 24.3 Å². The quantitative estimate of drug-likeness (QED) is 0.696. The summed E-state index contributed by atoms with van der Waals surface area (Å²) in [6, 6.07) is 7.37. The third-order valence-electron chi connectivity index (χ3n) is 4.06. The molecular formula is C18H28N2O4. The summed E-state index contributed by atoms with van der Waals surface area (Å²) in [7, 11) is 1.59. The number of methoxy groups -OCH3 is 1. The predicted octanol–water partition coefficient (Wildman–Crippen LogP) is 1.69. The van der Waals surface area contributed by atoms with Gasteiger partial charge in [-0.3, -0.25) is 9.69 Å². The number of morpholine rings is 1. The number of carbonyl (C=O) groups is 1. The average molecular weight is 336 g/mol. The third-order valence-corrected chi connectivity index (χ3v) is 4.06. The average Bonchev–Trinajstić information content (AvgIpc) is 2.64. The number of hydrogen-bond donors (Lipinski definition) is 1. The van der Waals surface area contributed by atoms with Crippen molar-refractivity contribution in [3.05, 3.63) is 24.3 Å². The van der Waals surface area contributed by atoms with E-state index < -0.39 is 6.10 Å². The summed E-state index contributed by atoms with van der Waals surface area (Å²) in [6.45, 7) is 7.13. The lowest BCUT2D eigenvalue weighted by Crippen LogP contribution is -2.41. The molecule has 24 heavy (non-hydrogen) atoms. The first-order valence-electron chi connectivity index (χ1n) is 8.62. The molecule has 0 spiro atoms. The summed E-state index contributed by atoms with van der Waals surface area (Å²) >= 11 is 0. The molecular weight excluding hydrogens is 308 g/mol. The minimum atomic E-state index is -0.510. The number of carbonyl (C=O) groups excluding carboxylic acids is 1. The number of amides is 1. The van der Waals surface area contributed by atoms with Gasteiger partial charge in [0, 0.05) is 19.6 Å². The first-order chi connectivity index (χ1) is 11.7. The van der Waals surface area contributed by atoms with E-state index in [0.29, 0.717) is 24.5 Å². The van der Waals surface area contributed by atoms with Crippen LogP contribution in [0.3, 0.4) is 0 Å². The highest BCUT2D eigenvalue weighted by molar-refractivity contribution is 5.81. The Morgan fingerprint density at radius 2 is 2.00 bits per heavy atom. The summed E-state index contributed by atoms with van der Waals surface area (Å²) in [4.78, 5) is 14.7. The third kappa shape index (κ3) is 5.69. The maximum Gasteiger partial charge on any atom is 0.261 e. The molecule has 1 heterocycles. The number of nitrogens with zero attached hydrogens (tertiary/aromatic N) is 1. The Bertz CT molecular complexity index is 504. The first-order valence-corrected chi connectivity index (χ1v) is 8.62. The highest BCUT2D eigenvalue weighted by Gasteiger charge is 2.19. The molecule has 1 aliphatic heterocycles. The molecule has 0 unspecified atom stereocenters. The minimum absolute atomic E-state index is 0.0783. The summed E-state index contributed by atoms with van der Waals surface area (Å²) in [6.07, 6.45) is 1.02. The molecule has 0 saturated carbocycles. The first kappa shape index (κ1) is 18.5. The molecule has 0 radical (unpaired) electrons. The molecule has 0 aromatic heterocycles. The summed E-state index contributed by atoms with van der Waals surface area (Å²) < 4.78 is 16.4. The van der Waals surface area contributed by atoms with Gasteiger partial charge < -0.3 is 19.5 Å². The Morgan fingerprint density at radius 3 is 2.67 bits per heavy atom. The number of ether oxygens (including phenoxy) is 3. The van der Waals surface area contributed by atoms with E-state index in [9.17, 15) is 4.79 Å². The summed E-state index contributed by atoms with van der Waals surface area (Å²) in [5, 5.41) is 2.97. The SMILES string of the molecule is CC[C@@H](Oc1ccccc1OC)C(=O)NCCCN1CCOCC1. The molecule has 1 aromatic carbocycles. The second kappa shape index (κ2) is 10.2. The number of para-hydroxylation sites is 2. The van der Waals surface area contributed by atoms with E-state index >= 15 is 0 Å². The van der Waals surface area contributed by atoms with Crippen LogP contribution in [0.1, 0.15) is 19.8 Å². The van der Waals surface area contributed by atoms with E-state index in [4.69, 9.17) is 14.2 Å². The van der Waals surface area contributed by atoms with Gasteiger partial charge in [-0.15, -0.1) is 0 Å². The van der Waals surface area contributed by atoms with Gasteiger partial charge in [0.15, 0.2) is 17.6 Å². The molecule has 1 saturated heterocycles. The molecule has 2 rings (SSSR count). The lowest BCUT2D eigenvalue weighted by atomic mass is 10.2. The zero-order valence-electron chi connectivity index (χ0n) is 14.6. The van der Waals surface area contributed by atoms with Crippen molar-refractivity contribution in [1.29, 1.82) is 0 Å². The van der Waals surface area contributed by atoms with Crippen LogP contribution in [0, 0.1) is 0 Å². The maximum atomic E-state index is 12.3. The maximum absolute atomic E-state index is 12.3. The van der Waals surface area contributed by atoms with Gasteiger partial charge in [-0.25, -0.2) is 0 Å². The van der Waals surface area contributed by atoms with Gasteiger partial charge >= 0.3 is 0 Å². The molecule has 0 bridgehead atoms. The van der Waals surface area contributed by atoms with Crippen LogP contribution in [0.25, 0.3) is 0 Å². The van der Waals surface area contributed by atoms with E-state index in [-0.39, 0.29) is 5.91 Å². The molecule has 1 N–H and O–H groups in total. The van der Waals surface area contributed by atoms with Crippen LogP contribution in [0.4, 0.5) is 0 Å². The van der Waals surface area contributed by atoms with Crippen molar-refractivity contribution in [3.8, 4) is 11.5 Å². The fourth-order valence-corrected chi connectivity index (χ4v) is 2.64. The second-order valence-corrected chi connectivity index (χ2v) is 5.76. The number of benzene rings is 1. The molecule has 1 atom stereocenters. The van der Waals surface area contributed by atoms with E-state index in [1.165, 1.54) is 0 Å². The van der Waals surface area contributed by atoms with E-state index in [2.05, 4.69) is 10.2 Å².